The molecular formula is C22H25N3O2. The first-order valence-corrected chi connectivity index (χ1v) is 9.21. The van der Waals surface area contributed by atoms with E-state index >= 15 is 0 Å². The van der Waals surface area contributed by atoms with Gasteiger partial charge >= 0.3 is 0 Å². The zero-order chi connectivity index (χ0) is 19.1. The lowest BCUT2D eigenvalue weighted by atomic mass is 10.1. The Labute approximate surface area is 160 Å². The number of rotatable bonds is 8. The number of hydrogen-bond acceptors (Lipinski definition) is 3. The van der Waals surface area contributed by atoms with E-state index in [0.717, 1.165) is 23.3 Å². The first-order valence-electron chi connectivity index (χ1n) is 9.21. The van der Waals surface area contributed by atoms with Gasteiger partial charge in [-0.3, -0.25) is 4.79 Å². The number of amides is 1. The van der Waals surface area contributed by atoms with Gasteiger partial charge < -0.3 is 10.1 Å². The molecule has 0 aliphatic heterocycles. The lowest BCUT2D eigenvalue weighted by molar-refractivity contribution is -0.116. The van der Waals surface area contributed by atoms with E-state index in [4.69, 9.17) is 4.74 Å². The molecule has 0 radical (unpaired) electrons. The molecule has 0 atom stereocenters. The lowest BCUT2D eigenvalue weighted by Gasteiger charge is -2.11. The molecule has 0 unspecified atom stereocenters. The summed E-state index contributed by atoms with van der Waals surface area (Å²) < 4.78 is 7.15. The number of aromatic nitrogens is 2. The summed E-state index contributed by atoms with van der Waals surface area (Å²) >= 11 is 0. The molecule has 1 N–H and O–H groups in total. The maximum atomic E-state index is 12.4. The maximum Gasteiger partial charge on any atom is 0.225 e. The summed E-state index contributed by atoms with van der Waals surface area (Å²) in [4.78, 5) is 12.4. The third kappa shape index (κ3) is 4.97. The number of hydrogen-bond donors (Lipinski definition) is 1. The fourth-order valence-electron chi connectivity index (χ4n) is 2.98. The van der Waals surface area contributed by atoms with Gasteiger partial charge in [0, 0.05) is 12.5 Å². The molecule has 3 rings (SSSR count). The molecule has 0 fully saturated rings. The molecule has 3 aromatic rings. The van der Waals surface area contributed by atoms with E-state index in [1.54, 1.807) is 13.3 Å². The first kappa shape index (κ1) is 18.7. The fraction of sp³-hybridized carbons (Fsp3) is 0.273. The number of nitrogens with zero attached hydrogens (tertiary/aromatic N) is 2. The van der Waals surface area contributed by atoms with Crippen molar-refractivity contribution in [2.75, 3.05) is 12.4 Å². The van der Waals surface area contributed by atoms with Gasteiger partial charge in [-0.05, 0) is 35.6 Å². The van der Waals surface area contributed by atoms with Crippen LogP contribution in [0.1, 0.15) is 30.0 Å². The van der Waals surface area contributed by atoms with Crippen LogP contribution < -0.4 is 10.1 Å². The van der Waals surface area contributed by atoms with E-state index in [1.807, 2.05) is 35.0 Å². The molecule has 0 bridgehead atoms. The highest BCUT2D eigenvalue weighted by molar-refractivity contribution is 5.90. The van der Waals surface area contributed by atoms with Crippen molar-refractivity contribution in [3.8, 4) is 5.75 Å². The number of nitrogens with one attached hydrogen (secondary N) is 1. The predicted molar refractivity (Wildman–Crippen MR) is 107 cm³/mol. The van der Waals surface area contributed by atoms with Gasteiger partial charge in [-0.25, -0.2) is 4.68 Å². The monoisotopic (exact) mass is 363 g/mol. The number of ether oxygens (including phenoxy) is 1. The Morgan fingerprint density at radius 1 is 1.07 bits per heavy atom. The third-order valence-electron chi connectivity index (χ3n) is 4.56. The molecule has 1 heterocycles. The van der Waals surface area contributed by atoms with E-state index in [1.165, 1.54) is 5.56 Å². The van der Waals surface area contributed by atoms with E-state index in [9.17, 15) is 4.79 Å². The van der Waals surface area contributed by atoms with Gasteiger partial charge in [0.2, 0.25) is 5.91 Å². The minimum Gasteiger partial charge on any atom is -0.496 e. The summed E-state index contributed by atoms with van der Waals surface area (Å²) in [5.41, 5.74) is 3.49. The van der Waals surface area contributed by atoms with Crippen LogP contribution >= 0.6 is 0 Å². The van der Waals surface area contributed by atoms with Crippen LogP contribution in [0.2, 0.25) is 0 Å². The Morgan fingerprint density at radius 3 is 2.56 bits per heavy atom. The summed E-state index contributed by atoms with van der Waals surface area (Å²) in [7, 11) is 1.64. The highest BCUT2D eigenvalue weighted by Crippen LogP contribution is 2.19. The molecule has 0 saturated heterocycles. The third-order valence-corrected chi connectivity index (χ3v) is 4.56. The van der Waals surface area contributed by atoms with E-state index in [2.05, 4.69) is 41.6 Å². The average molecular weight is 363 g/mol. The number of para-hydroxylation sites is 1. The minimum atomic E-state index is -0.0380. The Kier molecular flexibility index (Phi) is 6.26. The van der Waals surface area contributed by atoms with Crippen molar-refractivity contribution < 1.29 is 9.53 Å². The maximum absolute atomic E-state index is 12.4. The van der Waals surface area contributed by atoms with Crippen LogP contribution in [0.3, 0.4) is 0 Å². The summed E-state index contributed by atoms with van der Waals surface area (Å²) in [6.07, 6.45) is 3.74. The zero-order valence-corrected chi connectivity index (χ0v) is 15.8. The number of benzene rings is 2. The molecule has 5 heteroatoms. The van der Waals surface area contributed by atoms with E-state index in [0.29, 0.717) is 25.2 Å². The van der Waals surface area contributed by atoms with Crippen LogP contribution in [0.4, 0.5) is 5.82 Å². The molecule has 0 spiro atoms. The van der Waals surface area contributed by atoms with Crippen molar-refractivity contribution in [3.63, 3.8) is 0 Å². The second-order valence-corrected chi connectivity index (χ2v) is 6.40. The number of carbonyl (C=O) groups is 1. The smallest absolute Gasteiger partial charge is 0.225 e. The second kappa shape index (κ2) is 9.03. The number of aryl methyl sites for hydroxylation is 2. The Hall–Kier alpha value is -3.08. The van der Waals surface area contributed by atoms with Crippen molar-refractivity contribution in [2.24, 2.45) is 0 Å². The highest BCUT2D eigenvalue weighted by Gasteiger charge is 2.10. The van der Waals surface area contributed by atoms with Crippen LogP contribution in [-0.4, -0.2) is 22.8 Å². The number of methoxy groups -OCH3 is 1. The molecular weight excluding hydrogens is 338 g/mol. The summed E-state index contributed by atoms with van der Waals surface area (Å²) in [5, 5.41) is 7.30. The zero-order valence-electron chi connectivity index (χ0n) is 15.8. The van der Waals surface area contributed by atoms with Gasteiger partial charge in [-0.1, -0.05) is 49.4 Å². The summed E-state index contributed by atoms with van der Waals surface area (Å²) in [6.45, 7) is 2.76. The van der Waals surface area contributed by atoms with Crippen molar-refractivity contribution in [3.05, 3.63) is 77.5 Å². The molecule has 27 heavy (non-hydrogen) atoms. The SMILES string of the molecule is CCc1ccc(Cn2nccc2NC(=O)CCc2ccccc2OC)cc1. The van der Waals surface area contributed by atoms with Gasteiger partial charge in [0.15, 0.2) is 0 Å². The van der Waals surface area contributed by atoms with Crippen LogP contribution in [0.15, 0.2) is 60.8 Å². The van der Waals surface area contributed by atoms with Crippen LogP contribution in [-0.2, 0) is 24.2 Å². The normalized spacial score (nSPS) is 10.6. The lowest BCUT2D eigenvalue weighted by Crippen LogP contribution is -2.16. The number of anilines is 1. The van der Waals surface area contributed by atoms with Crippen molar-refractivity contribution in [1.29, 1.82) is 0 Å². The molecule has 0 aliphatic rings. The predicted octanol–water partition coefficient (Wildman–Crippen LogP) is 4.07. The summed E-state index contributed by atoms with van der Waals surface area (Å²) in [5.74, 6) is 1.48. The molecule has 0 saturated carbocycles. The second-order valence-electron chi connectivity index (χ2n) is 6.40. The molecule has 0 aliphatic carbocycles. The average Bonchev–Trinajstić information content (AvgIpc) is 3.13. The minimum absolute atomic E-state index is 0.0380. The van der Waals surface area contributed by atoms with Gasteiger partial charge in [-0.2, -0.15) is 5.10 Å². The molecule has 1 aromatic heterocycles. The largest absolute Gasteiger partial charge is 0.496 e. The van der Waals surface area contributed by atoms with Crippen LogP contribution in [0.5, 0.6) is 5.75 Å². The fourth-order valence-corrected chi connectivity index (χ4v) is 2.98. The van der Waals surface area contributed by atoms with Crippen LogP contribution in [0, 0.1) is 0 Å². The van der Waals surface area contributed by atoms with Gasteiger partial charge in [0.05, 0.1) is 19.9 Å². The van der Waals surface area contributed by atoms with Gasteiger partial charge in [0.25, 0.3) is 0 Å². The highest BCUT2D eigenvalue weighted by atomic mass is 16.5. The molecule has 140 valence electrons. The van der Waals surface area contributed by atoms with E-state index in [-0.39, 0.29) is 5.91 Å². The van der Waals surface area contributed by atoms with Crippen molar-refractivity contribution in [1.82, 2.24) is 9.78 Å². The number of carbonyl (C=O) groups excluding carboxylic acids is 1. The Balaban J connectivity index is 1.59. The Bertz CT molecular complexity index is 885. The molecule has 5 nitrogen and oxygen atoms in total. The van der Waals surface area contributed by atoms with Crippen LogP contribution in [0.25, 0.3) is 0 Å². The molecule has 2 aromatic carbocycles. The van der Waals surface area contributed by atoms with Gasteiger partial charge in [0.1, 0.15) is 11.6 Å². The quantitative estimate of drug-likeness (QED) is 0.656. The standard InChI is InChI=1S/C22H25N3O2/c1-3-17-8-10-18(11-9-17)16-25-21(14-15-23-25)24-22(26)13-12-19-6-4-5-7-20(19)27-2/h4-11,14-15H,3,12-13,16H2,1-2H3,(H,24,26). The van der Waals surface area contributed by atoms with Crippen molar-refractivity contribution in [2.45, 2.75) is 32.7 Å². The molecule has 1 amide bonds. The summed E-state index contributed by atoms with van der Waals surface area (Å²) in [6, 6.07) is 18.1. The van der Waals surface area contributed by atoms with Crippen molar-refractivity contribution >= 4 is 11.7 Å². The first-order chi connectivity index (χ1) is 13.2. The van der Waals surface area contributed by atoms with E-state index < -0.39 is 0 Å². The van der Waals surface area contributed by atoms with Gasteiger partial charge in [-0.15, -0.1) is 0 Å². The topological polar surface area (TPSA) is 56.2 Å². The Morgan fingerprint density at radius 2 is 1.81 bits per heavy atom.